The number of hydrogen-bond donors (Lipinski definition) is 1. The lowest BCUT2D eigenvalue weighted by Gasteiger charge is -2.12. The zero-order valence-electron chi connectivity index (χ0n) is 12.2. The Bertz CT molecular complexity index is 831. The molecule has 1 N–H and O–H groups in total. The fourth-order valence-electron chi connectivity index (χ4n) is 2.23. The quantitative estimate of drug-likeness (QED) is 0.746. The highest BCUT2D eigenvalue weighted by Gasteiger charge is 2.19. The van der Waals surface area contributed by atoms with E-state index in [4.69, 9.17) is 27.9 Å². The topological polar surface area (TPSA) is 55.6 Å². The average Bonchev–Trinajstić information content (AvgIpc) is 3.10. The van der Waals surface area contributed by atoms with Crippen molar-refractivity contribution in [3.63, 3.8) is 0 Å². The number of fused-ring (bicyclic) bond motifs is 1. The second-order valence-electron chi connectivity index (χ2n) is 4.77. The van der Waals surface area contributed by atoms with E-state index in [1.54, 1.807) is 23.5 Å². The Kier molecular flexibility index (Phi) is 4.75. The van der Waals surface area contributed by atoms with Crippen LogP contribution in [0.15, 0.2) is 29.9 Å². The number of nitrogens with one attached hydrogen (secondary N) is 1. The molecular weight excluding hydrogens is 357 g/mol. The standard InChI is InChI=1S/C15H13Cl2N3O2S/c1-22-13-11(17)3-2-10(16)12(13)14(21)18-5-4-9-8-20-6-7-23-15(20)19-9/h2-3,6-8H,4-5H2,1H3,(H,18,21). The van der Waals surface area contributed by atoms with Crippen LogP contribution in [0.4, 0.5) is 0 Å². The van der Waals surface area contributed by atoms with Crippen molar-refractivity contribution in [2.45, 2.75) is 6.42 Å². The molecule has 3 aromatic rings. The molecule has 0 spiro atoms. The van der Waals surface area contributed by atoms with Crippen molar-refractivity contribution in [2.24, 2.45) is 0 Å². The SMILES string of the molecule is COc1c(Cl)ccc(Cl)c1C(=O)NCCc1cn2ccsc2n1. The first-order valence-electron chi connectivity index (χ1n) is 6.81. The molecule has 0 unspecified atom stereocenters. The maximum atomic E-state index is 12.4. The van der Waals surface area contributed by atoms with Crippen LogP contribution in [0.5, 0.6) is 5.75 Å². The normalized spacial score (nSPS) is 10.9. The fourth-order valence-corrected chi connectivity index (χ4v) is 3.42. The van der Waals surface area contributed by atoms with Gasteiger partial charge in [0.15, 0.2) is 10.7 Å². The van der Waals surface area contributed by atoms with Crippen molar-refractivity contribution in [2.75, 3.05) is 13.7 Å². The van der Waals surface area contributed by atoms with Crippen LogP contribution in [0.25, 0.3) is 4.96 Å². The zero-order chi connectivity index (χ0) is 16.4. The minimum atomic E-state index is -0.324. The summed E-state index contributed by atoms with van der Waals surface area (Å²) >= 11 is 13.7. The highest BCUT2D eigenvalue weighted by Crippen LogP contribution is 2.33. The highest BCUT2D eigenvalue weighted by atomic mass is 35.5. The van der Waals surface area contributed by atoms with Gasteiger partial charge in [0, 0.05) is 30.7 Å². The lowest BCUT2D eigenvalue weighted by Crippen LogP contribution is -2.26. The number of benzene rings is 1. The number of methoxy groups -OCH3 is 1. The molecule has 0 fully saturated rings. The summed E-state index contributed by atoms with van der Waals surface area (Å²) in [6.45, 7) is 0.440. The molecular formula is C15H13Cl2N3O2S. The van der Waals surface area contributed by atoms with Crippen molar-refractivity contribution in [3.05, 3.63) is 51.2 Å². The summed E-state index contributed by atoms with van der Waals surface area (Å²) in [7, 11) is 1.45. The number of carbonyl (C=O) groups excluding carboxylic acids is 1. The molecule has 0 aliphatic rings. The van der Waals surface area contributed by atoms with E-state index in [1.165, 1.54) is 7.11 Å². The number of nitrogens with zero attached hydrogens (tertiary/aromatic N) is 2. The molecule has 0 aliphatic heterocycles. The molecule has 8 heteroatoms. The largest absolute Gasteiger partial charge is 0.494 e. The van der Waals surface area contributed by atoms with Crippen LogP contribution in [0, 0.1) is 0 Å². The second-order valence-corrected chi connectivity index (χ2v) is 6.46. The average molecular weight is 370 g/mol. The van der Waals surface area contributed by atoms with Gasteiger partial charge in [-0.1, -0.05) is 23.2 Å². The molecule has 2 aromatic heterocycles. The molecule has 120 valence electrons. The number of imidazole rings is 1. The molecule has 23 heavy (non-hydrogen) atoms. The van der Waals surface area contributed by atoms with Crippen molar-refractivity contribution in [1.82, 2.24) is 14.7 Å². The molecule has 1 amide bonds. The van der Waals surface area contributed by atoms with E-state index >= 15 is 0 Å². The van der Waals surface area contributed by atoms with Gasteiger partial charge < -0.3 is 10.1 Å². The van der Waals surface area contributed by atoms with E-state index in [0.29, 0.717) is 23.0 Å². The summed E-state index contributed by atoms with van der Waals surface area (Å²) < 4.78 is 7.14. The van der Waals surface area contributed by atoms with Crippen LogP contribution in [0.3, 0.4) is 0 Å². The number of carbonyl (C=O) groups is 1. The van der Waals surface area contributed by atoms with Crippen molar-refractivity contribution in [1.29, 1.82) is 0 Å². The van der Waals surface area contributed by atoms with Gasteiger partial charge in [0.1, 0.15) is 5.56 Å². The van der Waals surface area contributed by atoms with E-state index in [-0.39, 0.29) is 17.2 Å². The van der Waals surface area contributed by atoms with Gasteiger partial charge in [0.25, 0.3) is 5.91 Å². The number of halogens is 2. The van der Waals surface area contributed by atoms with Crippen molar-refractivity contribution < 1.29 is 9.53 Å². The summed E-state index contributed by atoms with van der Waals surface area (Å²) in [4.78, 5) is 17.8. The lowest BCUT2D eigenvalue weighted by atomic mass is 10.1. The number of ether oxygens (including phenoxy) is 1. The van der Waals surface area contributed by atoms with Crippen LogP contribution in [-0.2, 0) is 6.42 Å². The van der Waals surface area contributed by atoms with E-state index < -0.39 is 0 Å². The van der Waals surface area contributed by atoms with E-state index in [1.807, 2.05) is 22.2 Å². The zero-order valence-corrected chi connectivity index (χ0v) is 14.5. The molecule has 0 aliphatic carbocycles. The van der Waals surface area contributed by atoms with E-state index in [9.17, 15) is 4.79 Å². The second kappa shape index (κ2) is 6.78. The van der Waals surface area contributed by atoms with Gasteiger partial charge in [-0.3, -0.25) is 9.20 Å². The molecule has 0 saturated carbocycles. The fraction of sp³-hybridized carbons (Fsp3) is 0.200. The number of aromatic nitrogens is 2. The van der Waals surface area contributed by atoms with Crippen LogP contribution in [-0.4, -0.2) is 28.9 Å². The van der Waals surface area contributed by atoms with Crippen molar-refractivity contribution >= 4 is 45.4 Å². The first kappa shape index (κ1) is 16.1. The molecule has 5 nitrogen and oxygen atoms in total. The predicted molar refractivity (Wildman–Crippen MR) is 92.1 cm³/mol. The first-order chi connectivity index (χ1) is 11.1. The van der Waals surface area contributed by atoms with E-state index in [0.717, 1.165) is 10.7 Å². The number of rotatable bonds is 5. The monoisotopic (exact) mass is 369 g/mol. The van der Waals surface area contributed by atoms with Gasteiger partial charge in [-0.05, 0) is 12.1 Å². The minimum absolute atomic E-state index is 0.243. The molecule has 0 bridgehead atoms. The Labute approximate surface area is 146 Å². The Morgan fingerprint density at radius 2 is 2.17 bits per heavy atom. The van der Waals surface area contributed by atoms with Crippen LogP contribution in [0.2, 0.25) is 10.0 Å². The van der Waals surface area contributed by atoms with Gasteiger partial charge in [-0.25, -0.2) is 4.98 Å². The van der Waals surface area contributed by atoms with Gasteiger partial charge in [-0.2, -0.15) is 0 Å². The minimum Gasteiger partial charge on any atom is -0.494 e. The van der Waals surface area contributed by atoms with Crippen LogP contribution < -0.4 is 10.1 Å². The van der Waals surface area contributed by atoms with Gasteiger partial charge in [-0.15, -0.1) is 11.3 Å². The first-order valence-corrected chi connectivity index (χ1v) is 8.45. The predicted octanol–water partition coefficient (Wildman–Crippen LogP) is 3.68. The smallest absolute Gasteiger partial charge is 0.256 e. The van der Waals surface area contributed by atoms with Gasteiger partial charge >= 0.3 is 0 Å². The van der Waals surface area contributed by atoms with Gasteiger partial charge in [0.2, 0.25) is 0 Å². The maximum Gasteiger partial charge on any atom is 0.256 e. The number of amides is 1. The third kappa shape index (κ3) is 3.29. The summed E-state index contributed by atoms with van der Waals surface area (Å²) in [5, 5.41) is 5.43. The van der Waals surface area contributed by atoms with Crippen LogP contribution in [0.1, 0.15) is 16.1 Å². The van der Waals surface area contributed by atoms with Gasteiger partial charge in [0.05, 0.1) is 22.8 Å². The summed E-state index contributed by atoms with van der Waals surface area (Å²) in [5.41, 5.74) is 1.16. The molecule has 0 radical (unpaired) electrons. The Hall–Kier alpha value is -1.76. The third-order valence-corrected chi connectivity index (χ3v) is 4.68. The lowest BCUT2D eigenvalue weighted by molar-refractivity contribution is 0.0951. The summed E-state index contributed by atoms with van der Waals surface area (Å²) in [5.74, 6) is -0.0467. The number of hydrogen-bond acceptors (Lipinski definition) is 4. The molecule has 0 saturated heterocycles. The highest BCUT2D eigenvalue weighted by molar-refractivity contribution is 7.15. The Balaban J connectivity index is 1.68. The number of thiazole rings is 1. The molecule has 1 aromatic carbocycles. The van der Waals surface area contributed by atoms with Crippen molar-refractivity contribution in [3.8, 4) is 5.75 Å². The Morgan fingerprint density at radius 3 is 2.91 bits per heavy atom. The molecule has 3 rings (SSSR count). The van der Waals surface area contributed by atoms with Crippen LogP contribution >= 0.6 is 34.5 Å². The summed E-state index contributed by atoms with van der Waals surface area (Å²) in [6.07, 6.45) is 4.53. The maximum absolute atomic E-state index is 12.4. The third-order valence-electron chi connectivity index (χ3n) is 3.30. The summed E-state index contributed by atoms with van der Waals surface area (Å²) in [6, 6.07) is 3.17. The molecule has 2 heterocycles. The Morgan fingerprint density at radius 1 is 1.39 bits per heavy atom. The van der Waals surface area contributed by atoms with E-state index in [2.05, 4.69) is 10.3 Å². The molecule has 0 atom stereocenters.